The predicted molar refractivity (Wildman–Crippen MR) is 87.4 cm³/mol. The van der Waals surface area contributed by atoms with E-state index in [9.17, 15) is 4.79 Å². The number of aromatic nitrogens is 3. The van der Waals surface area contributed by atoms with Crippen molar-refractivity contribution in [1.29, 1.82) is 0 Å². The Balaban J connectivity index is 0.00000176. The van der Waals surface area contributed by atoms with Crippen molar-refractivity contribution in [2.75, 3.05) is 26.2 Å². The van der Waals surface area contributed by atoms with E-state index >= 15 is 0 Å². The normalized spacial score (nSPS) is 21.7. The van der Waals surface area contributed by atoms with Gasteiger partial charge in [-0.25, -0.2) is 4.68 Å². The van der Waals surface area contributed by atoms with Crippen LogP contribution in [0.2, 0.25) is 0 Å². The van der Waals surface area contributed by atoms with Gasteiger partial charge in [0.1, 0.15) is 0 Å². The summed E-state index contributed by atoms with van der Waals surface area (Å²) in [5.41, 5.74) is 1.66. The van der Waals surface area contributed by atoms with Crippen molar-refractivity contribution in [2.45, 2.75) is 46.1 Å². The number of halogens is 1. The van der Waals surface area contributed by atoms with E-state index in [0.717, 1.165) is 51.1 Å². The highest BCUT2D eigenvalue weighted by atomic mass is 35.5. The van der Waals surface area contributed by atoms with Gasteiger partial charge in [0.25, 0.3) is 5.91 Å². The maximum absolute atomic E-state index is 12.6. The second-order valence-corrected chi connectivity index (χ2v) is 7.09. The number of carbonyl (C=O) groups excluding carboxylic acids is 1. The highest BCUT2D eigenvalue weighted by Gasteiger charge is 2.34. The summed E-state index contributed by atoms with van der Waals surface area (Å²) >= 11 is 0. The van der Waals surface area contributed by atoms with Crippen LogP contribution in [0.4, 0.5) is 0 Å². The summed E-state index contributed by atoms with van der Waals surface area (Å²) in [6.07, 6.45) is 3.16. The van der Waals surface area contributed by atoms with Crippen molar-refractivity contribution in [3.63, 3.8) is 0 Å². The zero-order valence-electron chi connectivity index (χ0n) is 13.6. The number of rotatable bonds is 2. The molecule has 124 valence electrons. The molecule has 2 fully saturated rings. The topological polar surface area (TPSA) is 63.1 Å². The minimum Gasteiger partial charge on any atom is -0.337 e. The van der Waals surface area contributed by atoms with Crippen LogP contribution in [-0.2, 0) is 0 Å². The first kappa shape index (κ1) is 17.2. The zero-order valence-corrected chi connectivity index (χ0v) is 14.4. The summed E-state index contributed by atoms with van der Waals surface area (Å²) in [7, 11) is 0. The van der Waals surface area contributed by atoms with Crippen LogP contribution in [0.1, 0.15) is 55.3 Å². The van der Waals surface area contributed by atoms with Crippen molar-refractivity contribution >= 4 is 18.3 Å². The van der Waals surface area contributed by atoms with Gasteiger partial charge in [0, 0.05) is 13.1 Å². The van der Waals surface area contributed by atoms with E-state index in [1.54, 1.807) is 0 Å². The monoisotopic (exact) mass is 327 g/mol. The fourth-order valence-electron chi connectivity index (χ4n) is 3.37. The van der Waals surface area contributed by atoms with E-state index < -0.39 is 0 Å². The number of hydrogen-bond acceptors (Lipinski definition) is 4. The number of nitrogens with zero attached hydrogens (tertiary/aromatic N) is 4. The molecule has 0 bridgehead atoms. The average molecular weight is 328 g/mol. The maximum Gasteiger partial charge on any atom is 0.276 e. The van der Waals surface area contributed by atoms with Crippen LogP contribution in [-0.4, -0.2) is 52.0 Å². The molecule has 0 aliphatic carbocycles. The fraction of sp³-hybridized carbons (Fsp3) is 0.800. The Bertz CT molecular complexity index is 536. The van der Waals surface area contributed by atoms with Crippen molar-refractivity contribution in [2.24, 2.45) is 5.41 Å². The summed E-state index contributed by atoms with van der Waals surface area (Å²) in [5.74, 6) is 0.0401. The molecule has 3 heterocycles. The first-order valence-corrected chi connectivity index (χ1v) is 7.90. The molecular weight excluding hydrogens is 302 g/mol. The Morgan fingerprint density at radius 2 is 2.00 bits per heavy atom. The van der Waals surface area contributed by atoms with E-state index in [-0.39, 0.29) is 23.7 Å². The summed E-state index contributed by atoms with van der Waals surface area (Å²) in [6.45, 7) is 10.0. The Kier molecular flexibility index (Phi) is 5.12. The van der Waals surface area contributed by atoms with E-state index in [1.165, 1.54) is 0 Å². The molecule has 0 atom stereocenters. The molecule has 0 aromatic carbocycles. The quantitative estimate of drug-likeness (QED) is 0.899. The minimum atomic E-state index is 0. The predicted octanol–water partition coefficient (Wildman–Crippen LogP) is 1.80. The molecule has 7 heteroatoms. The second kappa shape index (κ2) is 6.54. The van der Waals surface area contributed by atoms with Gasteiger partial charge in [-0.05, 0) is 44.7 Å². The Labute approximate surface area is 138 Å². The smallest absolute Gasteiger partial charge is 0.276 e. The average Bonchev–Trinajstić information content (AvgIpc) is 3.02. The Morgan fingerprint density at radius 1 is 1.32 bits per heavy atom. The van der Waals surface area contributed by atoms with Crippen LogP contribution in [0.5, 0.6) is 0 Å². The van der Waals surface area contributed by atoms with Crippen molar-refractivity contribution < 1.29 is 4.79 Å². The van der Waals surface area contributed by atoms with E-state index in [0.29, 0.717) is 11.7 Å². The van der Waals surface area contributed by atoms with Crippen LogP contribution < -0.4 is 5.32 Å². The lowest BCUT2D eigenvalue weighted by Crippen LogP contribution is -2.32. The van der Waals surface area contributed by atoms with E-state index in [1.807, 2.05) is 16.5 Å². The van der Waals surface area contributed by atoms with E-state index in [4.69, 9.17) is 0 Å². The van der Waals surface area contributed by atoms with Crippen LogP contribution in [0, 0.1) is 12.3 Å². The summed E-state index contributed by atoms with van der Waals surface area (Å²) in [4.78, 5) is 14.6. The van der Waals surface area contributed by atoms with Crippen molar-refractivity contribution in [1.82, 2.24) is 25.2 Å². The van der Waals surface area contributed by atoms with Gasteiger partial charge in [-0.3, -0.25) is 4.79 Å². The third-order valence-electron chi connectivity index (χ3n) is 4.75. The summed E-state index contributed by atoms with van der Waals surface area (Å²) in [5, 5.41) is 11.8. The molecule has 3 rings (SSSR count). The van der Waals surface area contributed by atoms with Crippen LogP contribution in [0.3, 0.4) is 0 Å². The van der Waals surface area contributed by atoms with Crippen LogP contribution in [0.15, 0.2) is 0 Å². The largest absolute Gasteiger partial charge is 0.337 e. The lowest BCUT2D eigenvalue weighted by Gasteiger charge is -2.23. The standard InChI is InChI=1S/C15H25N5O.ClH/c1-11-13(14(21)19-9-6-15(2,3)10-19)17-18-20(11)12-4-7-16-8-5-12;/h12,16H,4-10H2,1-3H3;1H. The molecule has 2 aliphatic heterocycles. The Hall–Kier alpha value is -1.14. The molecule has 2 aliphatic rings. The molecule has 0 radical (unpaired) electrons. The van der Waals surface area contributed by atoms with Gasteiger partial charge in [0.2, 0.25) is 0 Å². The number of hydrogen-bond donors (Lipinski definition) is 1. The highest BCUT2D eigenvalue weighted by molar-refractivity contribution is 5.93. The first-order chi connectivity index (χ1) is 9.98. The van der Waals surface area contributed by atoms with Gasteiger partial charge >= 0.3 is 0 Å². The Morgan fingerprint density at radius 3 is 2.59 bits per heavy atom. The molecule has 1 aromatic heterocycles. The maximum atomic E-state index is 12.6. The molecular formula is C15H26ClN5O. The molecule has 0 saturated carbocycles. The molecule has 1 aromatic rings. The van der Waals surface area contributed by atoms with Gasteiger partial charge in [0.15, 0.2) is 5.69 Å². The highest BCUT2D eigenvalue weighted by Crippen LogP contribution is 2.30. The van der Waals surface area contributed by atoms with Gasteiger partial charge < -0.3 is 10.2 Å². The molecule has 22 heavy (non-hydrogen) atoms. The number of piperidine rings is 1. The lowest BCUT2D eigenvalue weighted by atomic mass is 9.93. The number of nitrogens with one attached hydrogen (secondary N) is 1. The van der Waals surface area contributed by atoms with Crippen molar-refractivity contribution in [3.05, 3.63) is 11.4 Å². The molecule has 0 unspecified atom stereocenters. The number of amides is 1. The number of carbonyl (C=O) groups is 1. The third-order valence-corrected chi connectivity index (χ3v) is 4.75. The van der Waals surface area contributed by atoms with Gasteiger partial charge in [-0.15, -0.1) is 17.5 Å². The van der Waals surface area contributed by atoms with Crippen LogP contribution >= 0.6 is 12.4 Å². The second-order valence-electron chi connectivity index (χ2n) is 7.09. The summed E-state index contributed by atoms with van der Waals surface area (Å²) in [6, 6.07) is 0.371. The molecule has 1 N–H and O–H groups in total. The SMILES string of the molecule is Cc1c(C(=O)N2CCC(C)(C)C2)nnn1C1CCNCC1.Cl. The fourth-order valence-corrected chi connectivity index (χ4v) is 3.37. The van der Waals surface area contributed by atoms with Gasteiger partial charge in [0.05, 0.1) is 11.7 Å². The molecule has 2 saturated heterocycles. The van der Waals surface area contributed by atoms with Gasteiger partial charge in [-0.1, -0.05) is 19.1 Å². The minimum absolute atomic E-state index is 0. The zero-order chi connectivity index (χ0) is 15.0. The third kappa shape index (κ3) is 3.27. The lowest BCUT2D eigenvalue weighted by molar-refractivity contribution is 0.0771. The van der Waals surface area contributed by atoms with Crippen molar-refractivity contribution in [3.8, 4) is 0 Å². The van der Waals surface area contributed by atoms with E-state index in [2.05, 4.69) is 29.5 Å². The van der Waals surface area contributed by atoms with Crippen LogP contribution in [0.25, 0.3) is 0 Å². The molecule has 0 spiro atoms. The molecule has 6 nitrogen and oxygen atoms in total. The van der Waals surface area contributed by atoms with Gasteiger partial charge in [-0.2, -0.15) is 0 Å². The number of likely N-dealkylation sites (tertiary alicyclic amines) is 1. The first-order valence-electron chi connectivity index (χ1n) is 7.90. The summed E-state index contributed by atoms with van der Waals surface area (Å²) < 4.78 is 1.95. The molecule has 1 amide bonds.